The number of hydrogen-bond donors (Lipinski definition) is 0. The molecule has 1 heterocycles. The van der Waals surface area contributed by atoms with Crippen LogP contribution >= 0.6 is 0 Å². The molecule has 0 aliphatic carbocycles. The van der Waals surface area contributed by atoms with Crippen LogP contribution in [-0.4, -0.2) is 4.57 Å². The Labute approximate surface area is 339 Å². The van der Waals surface area contributed by atoms with Gasteiger partial charge in [-0.25, -0.2) is 0 Å². The standard InChI is InChI=1S/C56H40N2/c1-3-39-35-40(4-2)37-48(36-39)58-54-22-14-13-21-52(54)53-38-45(27-33-56(53)58)49-32-34-55(51-20-12-11-19-50(49)51)57(46-28-23-43(24-29-46)41-15-7-5-8-16-41)47-30-25-44(26-31-47)42-17-9-6-10-18-42/h3-38H,1-2H2. The fourth-order valence-corrected chi connectivity index (χ4v) is 8.47. The van der Waals surface area contributed by atoms with Crippen LogP contribution in [0.5, 0.6) is 0 Å². The van der Waals surface area contributed by atoms with E-state index in [0.29, 0.717) is 0 Å². The molecule has 274 valence electrons. The Balaban J connectivity index is 1.12. The van der Waals surface area contributed by atoms with Gasteiger partial charge in [-0.2, -0.15) is 0 Å². The largest absolute Gasteiger partial charge is 0.310 e. The van der Waals surface area contributed by atoms with Crippen molar-refractivity contribution in [2.45, 2.75) is 0 Å². The van der Waals surface area contributed by atoms with Crippen molar-refractivity contribution in [2.75, 3.05) is 4.90 Å². The molecule has 0 aliphatic rings. The normalized spacial score (nSPS) is 11.2. The number of anilines is 3. The molecule has 2 heteroatoms. The molecule has 0 unspecified atom stereocenters. The minimum Gasteiger partial charge on any atom is -0.310 e. The van der Waals surface area contributed by atoms with E-state index in [0.717, 1.165) is 39.4 Å². The molecule has 1 aromatic heterocycles. The monoisotopic (exact) mass is 740 g/mol. The molecule has 10 rings (SSSR count). The number of benzene rings is 9. The van der Waals surface area contributed by atoms with Crippen LogP contribution in [0.1, 0.15) is 11.1 Å². The zero-order valence-electron chi connectivity index (χ0n) is 32.1. The molecule has 0 radical (unpaired) electrons. The Morgan fingerprint density at radius 1 is 0.362 bits per heavy atom. The van der Waals surface area contributed by atoms with Gasteiger partial charge in [-0.15, -0.1) is 0 Å². The van der Waals surface area contributed by atoms with E-state index in [9.17, 15) is 0 Å². The summed E-state index contributed by atoms with van der Waals surface area (Å²) in [7, 11) is 0. The smallest absolute Gasteiger partial charge is 0.0541 e. The first-order chi connectivity index (χ1) is 28.7. The second-order valence-electron chi connectivity index (χ2n) is 14.7. The minimum absolute atomic E-state index is 1.06. The molecule has 58 heavy (non-hydrogen) atoms. The molecule has 0 spiro atoms. The van der Waals surface area contributed by atoms with E-state index in [-0.39, 0.29) is 0 Å². The fourth-order valence-electron chi connectivity index (χ4n) is 8.47. The molecule has 0 saturated heterocycles. The van der Waals surface area contributed by atoms with Gasteiger partial charge >= 0.3 is 0 Å². The van der Waals surface area contributed by atoms with Crippen LogP contribution in [-0.2, 0) is 0 Å². The highest BCUT2D eigenvalue weighted by molar-refractivity contribution is 6.12. The Morgan fingerprint density at radius 2 is 0.845 bits per heavy atom. The van der Waals surface area contributed by atoms with Crippen molar-refractivity contribution in [1.82, 2.24) is 4.57 Å². The second kappa shape index (κ2) is 14.8. The highest BCUT2D eigenvalue weighted by atomic mass is 15.1. The van der Waals surface area contributed by atoms with Gasteiger partial charge in [0.05, 0.1) is 16.7 Å². The van der Waals surface area contributed by atoms with Gasteiger partial charge in [0.1, 0.15) is 0 Å². The number of fused-ring (bicyclic) bond motifs is 4. The summed E-state index contributed by atoms with van der Waals surface area (Å²) in [4.78, 5) is 2.39. The van der Waals surface area contributed by atoms with E-state index in [1.54, 1.807) is 0 Å². The summed E-state index contributed by atoms with van der Waals surface area (Å²) in [6, 6.07) is 74.5. The maximum absolute atomic E-state index is 4.06. The topological polar surface area (TPSA) is 8.17 Å². The molecule has 0 fully saturated rings. The Morgan fingerprint density at radius 3 is 1.43 bits per heavy atom. The molecule has 0 N–H and O–H groups in total. The first kappa shape index (κ1) is 34.8. The quantitative estimate of drug-likeness (QED) is 0.143. The van der Waals surface area contributed by atoms with Crippen molar-refractivity contribution in [3.8, 4) is 39.1 Å². The zero-order valence-corrected chi connectivity index (χ0v) is 32.1. The molecular formula is C56H40N2. The molecule has 0 bridgehead atoms. The molecule has 0 aliphatic heterocycles. The van der Waals surface area contributed by atoms with Gasteiger partial charge in [0.25, 0.3) is 0 Å². The van der Waals surface area contributed by atoms with Gasteiger partial charge in [-0.05, 0) is 117 Å². The van der Waals surface area contributed by atoms with Crippen molar-refractivity contribution in [1.29, 1.82) is 0 Å². The van der Waals surface area contributed by atoms with Crippen LogP contribution in [0, 0.1) is 0 Å². The SMILES string of the molecule is C=Cc1cc(C=C)cc(-n2c3ccccc3c3cc(-c4ccc(N(c5ccc(-c6ccccc6)cc5)c5ccc(-c6ccccc6)cc5)c5ccccc45)ccc32)c1. The first-order valence-corrected chi connectivity index (χ1v) is 19.7. The predicted molar refractivity (Wildman–Crippen MR) is 249 cm³/mol. The van der Waals surface area contributed by atoms with Gasteiger partial charge < -0.3 is 9.47 Å². The van der Waals surface area contributed by atoms with Crippen LogP contribution in [0.4, 0.5) is 17.1 Å². The third-order valence-electron chi connectivity index (χ3n) is 11.3. The van der Waals surface area contributed by atoms with Crippen LogP contribution in [0.2, 0.25) is 0 Å². The van der Waals surface area contributed by atoms with Crippen LogP contribution in [0.25, 0.3) is 83.8 Å². The van der Waals surface area contributed by atoms with Crippen molar-refractivity contribution in [3.05, 3.63) is 231 Å². The van der Waals surface area contributed by atoms with Crippen molar-refractivity contribution in [2.24, 2.45) is 0 Å². The zero-order chi connectivity index (χ0) is 39.0. The van der Waals surface area contributed by atoms with Gasteiger partial charge in [0, 0.05) is 33.2 Å². The molecule has 0 atom stereocenters. The third kappa shape index (κ3) is 6.18. The molecule has 9 aromatic carbocycles. The highest BCUT2D eigenvalue weighted by Gasteiger charge is 2.19. The summed E-state index contributed by atoms with van der Waals surface area (Å²) in [5, 5.41) is 4.81. The summed E-state index contributed by atoms with van der Waals surface area (Å²) in [5.41, 5.74) is 16.0. The van der Waals surface area contributed by atoms with Crippen molar-refractivity contribution >= 4 is 61.8 Å². The van der Waals surface area contributed by atoms with E-state index < -0.39 is 0 Å². The molecule has 10 aromatic rings. The number of hydrogen-bond acceptors (Lipinski definition) is 1. The predicted octanol–water partition coefficient (Wildman–Crippen LogP) is 15.7. The maximum Gasteiger partial charge on any atom is 0.0541 e. The minimum atomic E-state index is 1.06. The van der Waals surface area contributed by atoms with Crippen LogP contribution < -0.4 is 4.90 Å². The number of aromatic nitrogens is 1. The van der Waals surface area contributed by atoms with E-state index in [4.69, 9.17) is 0 Å². The average molecular weight is 741 g/mol. The van der Waals surface area contributed by atoms with Crippen LogP contribution in [0.3, 0.4) is 0 Å². The number of nitrogens with zero attached hydrogens (tertiary/aromatic N) is 2. The Kier molecular flexibility index (Phi) is 8.85. The van der Waals surface area contributed by atoms with E-state index >= 15 is 0 Å². The maximum atomic E-state index is 4.06. The van der Waals surface area contributed by atoms with E-state index in [1.807, 2.05) is 12.2 Å². The van der Waals surface area contributed by atoms with E-state index in [2.05, 4.69) is 229 Å². The lowest BCUT2D eigenvalue weighted by atomic mass is 9.95. The second-order valence-corrected chi connectivity index (χ2v) is 14.7. The van der Waals surface area contributed by atoms with Gasteiger partial charge in [-0.1, -0.05) is 165 Å². The lowest BCUT2D eigenvalue weighted by Gasteiger charge is -2.28. The van der Waals surface area contributed by atoms with E-state index in [1.165, 1.54) is 60.4 Å². The first-order valence-electron chi connectivity index (χ1n) is 19.7. The summed E-state index contributed by atoms with van der Waals surface area (Å²) in [6.45, 7) is 8.12. The van der Waals surface area contributed by atoms with Crippen molar-refractivity contribution < 1.29 is 0 Å². The van der Waals surface area contributed by atoms with Gasteiger partial charge in [-0.3, -0.25) is 0 Å². The molecular weight excluding hydrogens is 701 g/mol. The Hall–Kier alpha value is -7.68. The van der Waals surface area contributed by atoms with Gasteiger partial charge in [0.2, 0.25) is 0 Å². The summed E-state index contributed by atoms with van der Waals surface area (Å²) in [5.74, 6) is 0. The Bertz CT molecular complexity index is 3010. The summed E-state index contributed by atoms with van der Waals surface area (Å²) >= 11 is 0. The van der Waals surface area contributed by atoms with Gasteiger partial charge in [0.15, 0.2) is 0 Å². The summed E-state index contributed by atoms with van der Waals surface area (Å²) in [6.07, 6.45) is 3.80. The lowest BCUT2D eigenvalue weighted by molar-refractivity contribution is 1.18. The van der Waals surface area contributed by atoms with Crippen molar-refractivity contribution in [3.63, 3.8) is 0 Å². The fraction of sp³-hybridized carbons (Fsp3) is 0. The van der Waals surface area contributed by atoms with Crippen LogP contribution in [0.15, 0.2) is 219 Å². The lowest BCUT2D eigenvalue weighted by Crippen LogP contribution is -2.10. The third-order valence-corrected chi connectivity index (χ3v) is 11.3. The molecule has 0 amide bonds. The summed E-state index contributed by atoms with van der Waals surface area (Å²) < 4.78 is 2.36. The molecule has 2 nitrogen and oxygen atoms in total. The highest BCUT2D eigenvalue weighted by Crippen LogP contribution is 2.44. The molecule has 0 saturated carbocycles. The average Bonchev–Trinajstić information content (AvgIpc) is 3.63. The number of rotatable bonds is 9. The number of para-hydroxylation sites is 1.